The summed E-state index contributed by atoms with van der Waals surface area (Å²) in [6.07, 6.45) is 1.55. The van der Waals surface area contributed by atoms with Gasteiger partial charge in [-0.3, -0.25) is 9.69 Å². The van der Waals surface area contributed by atoms with Gasteiger partial charge in [0.15, 0.2) is 0 Å². The Kier molecular flexibility index (Phi) is 5.84. The average Bonchev–Trinajstić information content (AvgIpc) is 3.24. The number of benzene rings is 1. The molecule has 1 saturated heterocycles. The molecule has 0 atom stereocenters. The van der Waals surface area contributed by atoms with Gasteiger partial charge in [-0.1, -0.05) is 15.9 Å². The topological polar surface area (TPSA) is 98.1 Å². The Morgan fingerprint density at radius 1 is 1.29 bits per heavy atom. The van der Waals surface area contributed by atoms with Crippen LogP contribution in [0.1, 0.15) is 28.8 Å². The second-order valence-corrected chi connectivity index (χ2v) is 6.67. The third-order valence-corrected chi connectivity index (χ3v) is 4.39. The van der Waals surface area contributed by atoms with Crippen molar-refractivity contribution in [1.29, 1.82) is 0 Å². The number of rotatable bonds is 6. The summed E-state index contributed by atoms with van der Waals surface area (Å²) < 4.78 is 16.3. The average molecular weight is 449 g/mol. The second-order valence-electron chi connectivity index (χ2n) is 5.75. The number of hydrogen-bond donors (Lipinski definition) is 1. The number of methoxy groups -OCH3 is 1. The van der Waals surface area contributed by atoms with Crippen molar-refractivity contribution in [1.82, 2.24) is 10.2 Å². The van der Waals surface area contributed by atoms with Gasteiger partial charge in [-0.05, 0) is 43.3 Å². The van der Waals surface area contributed by atoms with E-state index < -0.39 is 17.9 Å². The smallest absolute Gasteiger partial charge is 0.373 e. The zero-order valence-corrected chi connectivity index (χ0v) is 16.7. The Labute approximate surface area is 169 Å². The molecule has 1 aliphatic rings. The molecule has 1 N–H and O–H groups in total. The highest BCUT2D eigenvalue weighted by Crippen LogP contribution is 2.27. The van der Waals surface area contributed by atoms with Crippen molar-refractivity contribution < 1.29 is 28.3 Å². The standard InChI is InChI=1S/C19H17BrN2O6/c1-3-27-15-6-4-12(20)8-11(15)9-14-17(23)22(19(25)21-14)10-13-5-7-16(28-13)18(24)26-2/h4-9H,3,10H2,1-2H3,(H,21,25). The van der Waals surface area contributed by atoms with E-state index >= 15 is 0 Å². The molecular formula is C19H17BrN2O6. The van der Waals surface area contributed by atoms with Crippen LogP contribution in [0.4, 0.5) is 4.79 Å². The number of furan rings is 1. The molecule has 1 aromatic heterocycles. The Morgan fingerprint density at radius 3 is 2.79 bits per heavy atom. The van der Waals surface area contributed by atoms with Crippen LogP contribution >= 0.6 is 15.9 Å². The fourth-order valence-corrected chi connectivity index (χ4v) is 3.00. The lowest BCUT2D eigenvalue weighted by Crippen LogP contribution is -2.30. The molecule has 0 aliphatic carbocycles. The van der Waals surface area contributed by atoms with Crippen LogP contribution in [-0.2, 0) is 16.1 Å². The van der Waals surface area contributed by atoms with Gasteiger partial charge in [0, 0.05) is 10.0 Å². The number of carbonyl (C=O) groups excluding carboxylic acids is 3. The van der Waals surface area contributed by atoms with Crippen molar-refractivity contribution in [2.24, 2.45) is 0 Å². The summed E-state index contributed by atoms with van der Waals surface area (Å²) in [5.74, 6) is -0.281. The molecule has 3 amide bonds. The van der Waals surface area contributed by atoms with Crippen molar-refractivity contribution in [3.8, 4) is 5.75 Å². The summed E-state index contributed by atoms with van der Waals surface area (Å²) >= 11 is 3.38. The monoisotopic (exact) mass is 448 g/mol. The predicted molar refractivity (Wildman–Crippen MR) is 102 cm³/mol. The second kappa shape index (κ2) is 8.30. The maximum absolute atomic E-state index is 12.7. The Bertz CT molecular complexity index is 965. The van der Waals surface area contributed by atoms with Crippen LogP contribution in [0, 0.1) is 0 Å². The number of amides is 3. The lowest BCUT2D eigenvalue weighted by Gasteiger charge is -2.09. The van der Waals surface area contributed by atoms with Crippen molar-refractivity contribution in [2.45, 2.75) is 13.5 Å². The van der Waals surface area contributed by atoms with E-state index in [1.807, 2.05) is 13.0 Å². The van der Waals surface area contributed by atoms with Crippen LogP contribution in [0.25, 0.3) is 6.08 Å². The summed E-state index contributed by atoms with van der Waals surface area (Å²) in [6.45, 7) is 2.20. The molecule has 0 bridgehead atoms. The molecule has 9 heteroatoms. The van der Waals surface area contributed by atoms with Crippen LogP contribution in [0.5, 0.6) is 5.75 Å². The van der Waals surface area contributed by atoms with E-state index in [4.69, 9.17) is 9.15 Å². The zero-order valence-electron chi connectivity index (χ0n) is 15.2. The number of ether oxygens (including phenoxy) is 2. The minimum absolute atomic E-state index is 0.00388. The van der Waals surface area contributed by atoms with Crippen molar-refractivity contribution >= 4 is 39.9 Å². The van der Waals surface area contributed by atoms with Gasteiger partial charge in [0.1, 0.15) is 17.2 Å². The van der Waals surface area contributed by atoms with E-state index in [1.165, 1.54) is 19.2 Å². The largest absolute Gasteiger partial charge is 0.493 e. The predicted octanol–water partition coefficient (Wildman–Crippen LogP) is 3.32. The molecule has 0 spiro atoms. The van der Waals surface area contributed by atoms with Crippen LogP contribution in [-0.4, -0.2) is 36.5 Å². The number of urea groups is 1. The van der Waals surface area contributed by atoms with Crippen LogP contribution < -0.4 is 10.1 Å². The van der Waals surface area contributed by atoms with Crippen LogP contribution in [0.2, 0.25) is 0 Å². The van der Waals surface area contributed by atoms with Crippen molar-refractivity contribution in [2.75, 3.05) is 13.7 Å². The molecule has 28 heavy (non-hydrogen) atoms. The summed E-state index contributed by atoms with van der Waals surface area (Å²) in [5.41, 5.74) is 0.761. The van der Waals surface area contributed by atoms with Gasteiger partial charge < -0.3 is 19.2 Å². The maximum Gasteiger partial charge on any atom is 0.373 e. The maximum atomic E-state index is 12.7. The number of nitrogens with zero attached hydrogens (tertiary/aromatic N) is 1. The van der Waals surface area contributed by atoms with Crippen LogP contribution in [0.15, 0.2) is 44.9 Å². The number of nitrogens with one attached hydrogen (secondary N) is 1. The minimum atomic E-state index is -0.637. The third-order valence-electron chi connectivity index (χ3n) is 3.90. The summed E-state index contributed by atoms with van der Waals surface area (Å²) in [7, 11) is 1.23. The Hall–Kier alpha value is -3.07. The fourth-order valence-electron chi connectivity index (χ4n) is 2.62. The molecule has 2 aromatic rings. The van der Waals surface area contributed by atoms with Crippen LogP contribution in [0.3, 0.4) is 0 Å². The highest BCUT2D eigenvalue weighted by molar-refractivity contribution is 9.10. The molecule has 3 rings (SSSR count). The first-order chi connectivity index (χ1) is 13.4. The van der Waals surface area contributed by atoms with Gasteiger partial charge in [-0.25, -0.2) is 9.59 Å². The van der Waals surface area contributed by atoms with Gasteiger partial charge in [0.25, 0.3) is 5.91 Å². The molecule has 1 fully saturated rings. The number of halogens is 1. The molecule has 0 unspecified atom stereocenters. The molecule has 2 heterocycles. The van der Waals surface area contributed by atoms with E-state index in [2.05, 4.69) is 26.0 Å². The zero-order chi connectivity index (χ0) is 20.3. The third kappa shape index (κ3) is 4.09. The van der Waals surface area contributed by atoms with Crippen molar-refractivity contribution in [3.63, 3.8) is 0 Å². The van der Waals surface area contributed by atoms with E-state index in [0.29, 0.717) is 17.9 Å². The highest BCUT2D eigenvalue weighted by Gasteiger charge is 2.34. The fraction of sp³-hybridized carbons (Fsp3) is 0.211. The summed E-state index contributed by atoms with van der Waals surface area (Å²) in [5, 5.41) is 2.55. The molecule has 146 valence electrons. The molecule has 1 aliphatic heterocycles. The lowest BCUT2D eigenvalue weighted by atomic mass is 10.1. The number of imide groups is 1. The normalized spacial score (nSPS) is 15.1. The Morgan fingerprint density at radius 2 is 2.07 bits per heavy atom. The van der Waals surface area contributed by atoms with E-state index in [1.54, 1.807) is 18.2 Å². The first-order valence-corrected chi connectivity index (χ1v) is 9.16. The Balaban J connectivity index is 1.82. The van der Waals surface area contributed by atoms with Gasteiger partial charge >= 0.3 is 12.0 Å². The molecule has 1 aromatic carbocycles. The summed E-state index contributed by atoms with van der Waals surface area (Å²) in [4.78, 5) is 37.4. The number of carbonyl (C=O) groups is 3. The highest BCUT2D eigenvalue weighted by atomic mass is 79.9. The molecule has 0 saturated carbocycles. The van der Waals surface area contributed by atoms with Gasteiger partial charge in [0.05, 0.1) is 20.3 Å². The number of esters is 1. The lowest BCUT2D eigenvalue weighted by molar-refractivity contribution is -0.123. The quantitative estimate of drug-likeness (QED) is 0.413. The van der Waals surface area contributed by atoms with Gasteiger partial charge in [0.2, 0.25) is 5.76 Å². The van der Waals surface area contributed by atoms with E-state index in [9.17, 15) is 14.4 Å². The number of hydrogen-bond acceptors (Lipinski definition) is 6. The van der Waals surface area contributed by atoms with Gasteiger partial charge in [-0.15, -0.1) is 0 Å². The molecular weight excluding hydrogens is 432 g/mol. The van der Waals surface area contributed by atoms with Crippen molar-refractivity contribution in [3.05, 3.63) is 57.6 Å². The minimum Gasteiger partial charge on any atom is -0.493 e. The first-order valence-electron chi connectivity index (χ1n) is 8.36. The SMILES string of the molecule is CCOc1ccc(Br)cc1C=C1NC(=O)N(Cc2ccc(C(=O)OC)o2)C1=O. The summed E-state index contributed by atoms with van der Waals surface area (Å²) in [6, 6.07) is 7.73. The van der Waals surface area contributed by atoms with Gasteiger partial charge in [-0.2, -0.15) is 0 Å². The van der Waals surface area contributed by atoms with E-state index in [0.717, 1.165) is 9.37 Å². The van der Waals surface area contributed by atoms with E-state index in [-0.39, 0.29) is 23.8 Å². The first kappa shape index (κ1) is 19.7. The molecule has 8 nitrogen and oxygen atoms in total. The molecule has 0 radical (unpaired) electrons.